The third kappa shape index (κ3) is 3.77. The van der Waals surface area contributed by atoms with E-state index in [9.17, 15) is 4.79 Å². The van der Waals surface area contributed by atoms with Crippen LogP contribution in [0, 0.1) is 0 Å². The molecule has 7 heteroatoms. The summed E-state index contributed by atoms with van der Waals surface area (Å²) < 4.78 is 0. The molecule has 0 aliphatic carbocycles. The van der Waals surface area contributed by atoms with Gasteiger partial charge >= 0.3 is 0 Å². The number of amides is 1. The number of hydrogen-bond donors (Lipinski definition) is 2. The molecule has 1 amide bonds. The van der Waals surface area contributed by atoms with Crippen LogP contribution >= 0.6 is 0 Å². The Balaban J connectivity index is 1.80. The minimum Gasteiger partial charge on any atom is -0.365 e. The predicted molar refractivity (Wildman–Crippen MR) is 95.5 cm³/mol. The van der Waals surface area contributed by atoms with Gasteiger partial charge in [-0.3, -0.25) is 4.79 Å². The maximum Gasteiger partial charge on any atom is 0.227 e. The van der Waals surface area contributed by atoms with Crippen molar-refractivity contribution in [3.63, 3.8) is 0 Å². The van der Waals surface area contributed by atoms with Crippen molar-refractivity contribution in [2.75, 3.05) is 49.5 Å². The first-order valence-electron chi connectivity index (χ1n) is 8.70. The third-order valence-electron chi connectivity index (χ3n) is 4.62. The maximum absolute atomic E-state index is 11.5. The minimum absolute atomic E-state index is 0.0345. The van der Waals surface area contributed by atoms with Crippen LogP contribution < -0.4 is 15.5 Å². The summed E-state index contributed by atoms with van der Waals surface area (Å²) in [7, 11) is 0. The van der Waals surface area contributed by atoms with Gasteiger partial charge in [0.25, 0.3) is 0 Å². The van der Waals surface area contributed by atoms with E-state index in [2.05, 4.69) is 42.4 Å². The highest BCUT2D eigenvalue weighted by Crippen LogP contribution is 2.25. The predicted octanol–water partition coefficient (Wildman–Crippen LogP) is 0.826. The van der Waals surface area contributed by atoms with Crippen molar-refractivity contribution in [2.24, 2.45) is 0 Å². The van der Waals surface area contributed by atoms with Crippen LogP contribution in [0.25, 0.3) is 0 Å². The minimum atomic E-state index is -0.0345. The van der Waals surface area contributed by atoms with Crippen molar-refractivity contribution in [1.29, 1.82) is 0 Å². The molecule has 2 saturated heterocycles. The van der Waals surface area contributed by atoms with Gasteiger partial charge in [-0.15, -0.1) is 0 Å². The molecule has 1 aromatic rings. The highest BCUT2D eigenvalue weighted by molar-refractivity contribution is 5.73. The van der Waals surface area contributed by atoms with Crippen molar-refractivity contribution in [2.45, 2.75) is 39.2 Å². The molecule has 0 bridgehead atoms. The Hall–Kier alpha value is -1.89. The molecule has 3 rings (SSSR count). The molecule has 0 radical (unpaired) electrons. The second-order valence-corrected chi connectivity index (χ2v) is 7.68. The van der Waals surface area contributed by atoms with Crippen molar-refractivity contribution in [1.82, 2.24) is 20.2 Å². The highest BCUT2D eigenvalue weighted by Gasteiger charge is 2.25. The van der Waals surface area contributed by atoms with Gasteiger partial charge in [-0.05, 0) is 0 Å². The quantitative estimate of drug-likeness (QED) is 0.854. The standard InChI is InChI=1S/C17H28N6O/c1-12(24)22-5-7-23(8-6-22)16-20-14(17(2,3)4)9-15(21-16)19-13-10-18-11-13/h9,13,18H,5-8,10-11H2,1-4H3,(H,19,20,21). The molecule has 0 aromatic carbocycles. The summed E-state index contributed by atoms with van der Waals surface area (Å²) in [5, 5.41) is 6.76. The van der Waals surface area contributed by atoms with Crippen molar-refractivity contribution < 1.29 is 4.79 Å². The van der Waals surface area contributed by atoms with Crippen molar-refractivity contribution >= 4 is 17.7 Å². The fraction of sp³-hybridized carbons (Fsp3) is 0.706. The van der Waals surface area contributed by atoms with Gasteiger partial charge in [0.2, 0.25) is 11.9 Å². The zero-order chi connectivity index (χ0) is 17.3. The number of nitrogens with one attached hydrogen (secondary N) is 2. The lowest BCUT2D eigenvalue weighted by Crippen LogP contribution is -2.51. The lowest BCUT2D eigenvalue weighted by Gasteiger charge is -2.35. The summed E-state index contributed by atoms with van der Waals surface area (Å²) in [5.41, 5.74) is 1.00. The molecule has 0 saturated carbocycles. The van der Waals surface area contributed by atoms with Crippen LogP contribution in [0.5, 0.6) is 0 Å². The second-order valence-electron chi connectivity index (χ2n) is 7.68. The molecule has 2 N–H and O–H groups in total. The number of piperazine rings is 1. The van der Waals surface area contributed by atoms with E-state index in [-0.39, 0.29) is 11.3 Å². The average molecular weight is 332 g/mol. The lowest BCUT2D eigenvalue weighted by atomic mass is 9.92. The van der Waals surface area contributed by atoms with Crippen LogP contribution in [-0.4, -0.2) is 66.1 Å². The third-order valence-corrected chi connectivity index (χ3v) is 4.62. The molecule has 132 valence electrons. The van der Waals surface area contributed by atoms with Gasteiger partial charge in [0.1, 0.15) is 5.82 Å². The molecular formula is C17H28N6O. The van der Waals surface area contributed by atoms with Crippen LogP contribution in [0.4, 0.5) is 11.8 Å². The molecule has 0 spiro atoms. The molecule has 3 heterocycles. The molecule has 2 aliphatic rings. The number of carbonyl (C=O) groups excluding carboxylic acids is 1. The van der Waals surface area contributed by atoms with Crippen LogP contribution in [0.1, 0.15) is 33.4 Å². The number of anilines is 2. The van der Waals surface area contributed by atoms with E-state index < -0.39 is 0 Å². The van der Waals surface area contributed by atoms with E-state index in [0.29, 0.717) is 6.04 Å². The van der Waals surface area contributed by atoms with E-state index in [4.69, 9.17) is 9.97 Å². The number of rotatable bonds is 3. The fourth-order valence-corrected chi connectivity index (χ4v) is 2.86. The monoisotopic (exact) mass is 332 g/mol. The summed E-state index contributed by atoms with van der Waals surface area (Å²) in [6, 6.07) is 2.50. The Morgan fingerprint density at radius 1 is 1.21 bits per heavy atom. The van der Waals surface area contributed by atoms with Gasteiger partial charge < -0.3 is 20.4 Å². The second kappa shape index (κ2) is 6.55. The van der Waals surface area contributed by atoms with Gasteiger partial charge in [-0.1, -0.05) is 20.8 Å². The van der Waals surface area contributed by atoms with E-state index in [1.165, 1.54) is 0 Å². The normalized spacial score (nSPS) is 19.2. The molecule has 2 aliphatic heterocycles. The number of carbonyl (C=O) groups is 1. The maximum atomic E-state index is 11.5. The van der Waals surface area contributed by atoms with E-state index in [1.54, 1.807) is 6.92 Å². The Bertz CT molecular complexity index is 600. The number of aromatic nitrogens is 2. The zero-order valence-corrected chi connectivity index (χ0v) is 15.1. The topological polar surface area (TPSA) is 73.4 Å². The van der Waals surface area contributed by atoms with Gasteiger partial charge in [-0.25, -0.2) is 4.98 Å². The summed E-state index contributed by atoms with van der Waals surface area (Å²) in [4.78, 5) is 25.1. The Morgan fingerprint density at radius 2 is 1.88 bits per heavy atom. The first-order valence-corrected chi connectivity index (χ1v) is 8.70. The first kappa shape index (κ1) is 17.0. The lowest BCUT2D eigenvalue weighted by molar-refractivity contribution is -0.129. The Labute approximate surface area is 143 Å². The summed E-state index contributed by atoms with van der Waals surface area (Å²) in [6.45, 7) is 13.1. The molecule has 2 fully saturated rings. The van der Waals surface area contributed by atoms with Crippen LogP contribution in [0.2, 0.25) is 0 Å². The van der Waals surface area contributed by atoms with Gasteiger partial charge in [0.15, 0.2) is 0 Å². The van der Waals surface area contributed by atoms with Crippen LogP contribution in [-0.2, 0) is 10.2 Å². The first-order chi connectivity index (χ1) is 11.3. The molecule has 1 aromatic heterocycles. The van der Waals surface area contributed by atoms with E-state index >= 15 is 0 Å². The Morgan fingerprint density at radius 3 is 2.38 bits per heavy atom. The Kier molecular flexibility index (Phi) is 4.62. The van der Waals surface area contributed by atoms with Gasteiger partial charge in [0, 0.05) is 57.7 Å². The fourth-order valence-electron chi connectivity index (χ4n) is 2.86. The molecule has 0 atom stereocenters. The molecule has 0 unspecified atom stereocenters. The van der Waals surface area contributed by atoms with Crippen LogP contribution in [0.15, 0.2) is 6.07 Å². The number of nitrogens with zero attached hydrogens (tertiary/aromatic N) is 4. The summed E-state index contributed by atoms with van der Waals surface area (Å²) >= 11 is 0. The molecular weight excluding hydrogens is 304 g/mol. The van der Waals surface area contributed by atoms with Crippen molar-refractivity contribution in [3.8, 4) is 0 Å². The average Bonchev–Trinajstić information content (AvgIpc) is 2.50. The summed E-state index contributed by atoms with van der Waals surface area (Å²) in [6.07, 6.45) is 0. The summed E-state index contributed by atoms with van der Waals surface area (Å²) in [5.74, 6) is 1.80. The van der Waals surface area contributed by atoms with E-state index in [1.807, 2.05) is 4.90 Å². The zero-order valence-electron chi connectivity index (χ0n) is 15.1. The highest BCUT2D eigenvalue weighted by atomic mass is 16.2. The molecule has 24 heavy (non-hydrogen) atoms. The SMILES string of the molecule is CC(=O)N1CCN(c2nc(NC3CNC3)cc(C(C)(C)C)n2)CC1. The molecule has 7 nitrogen and oxygen atoms in total. The van der Waals surface area contributed by atoms with Gasteiger partial charge in [0.05, 0.1) is 11.7 Å². The number of hydrogen-bond acceptors (Lipinski definition) is 6. The largest absolute Gasteiger partial charge is 0.365 e. The van der Waals surface area contributed by atoms with E-state index in [0.717, 1.165) is 56.7 Å². The van der Waals surface area contributed by atoms with Crippen LogP contribution in [0.3, 0.4) is 0 Å². The van der Waals surface area contributed by atoms with Gasteiger partial charge in [-0.2, -0.15) is 4.98 Å². The smallest absolute Gasteiger partial charge is 0.227 e. The van der Waals surface area contributed by atoms with Crippen molar-refractivity contribution in [3.05, 3.63) is 11.8 Å².